The van der Waals surface area contributed by atoms with Crippen LogP contribution in [0.25, 0.3) is 0 Å². The van der Waals surface area contributed by atoms with Crippen LogP contribution in [0.15, 0.2) is 60.7 Å². The van der Waals surface area contributed by atoms with Crippen LogP contribution in [0.1, 0.15) is 20.7 Å². The molecule has 0 aliphatic rings. The van der Waals surface area contributed by atoms with Crippen LogP contribution < -0.4 is 11.5 Å². The Bertz CT molecular complexity index is 640. The van der Waals surface area contributed by atoms with Crippen molar-refractivity contribution >= 4 is 52.6 Å². The number of amides is 2. The van der Waals surface area contributed by atoms with E-state index in [4.69, 9.17) is 51.4 Å². The highest BCUT2D eigenvalue weighted by Gasteiger charge is 2.29. The van der Waals surface area contributed by atoms with E-state index >= 15 is 0 Å². The quantitative estimate of drug-likeness (QED) is 0.664. The van der Waals surface area contributed by atoms with Gasteiger partial charge in [-0.15, -0.1) is 0 Å². The van der Waals surface area contributed by atoms with Crippen LogP contribution in [0, 0.1) is 0 Å². The molecule has 9 heteroatoms. The summed E-state index contributed by atoms with van der Waals surface area (Å²) in [4.78, 5) is 30.5. The van der Waals surface area contributed by atoms with Gasteiger partial charge in [0.05, 0.1) is 0 Å². The van der Waals surface area contributed by atoms with Gasteiger partial charge < -0.3 is 16.6 Å². The number of rotatable bonds is 2. The molecular weight excluding hydrogens is 391 g/mol. The Hall–Kier alpha value is -2.28. The van der Waals surface area contributed by atoms with Gasteiger partial charge >= 0.3 is 5.97 Å². The number of primary amides is 2. The van der Waals surface area contributed by atoms with Gasteiger partial charge in [0.2, 0.25) is 11.8 Å². The van der Waals surface area contributed by atoms with Crippen molar-refractivity contribution in [2.75, 3.05) is 0 Å². The number of carboxylic acid groups (broad SMARTS) is 1. The maximum Gasteiger partial charge on any atom is 0.356 e. The molecule has 134 valence electrons. The van der Waals surface area contributed by atoms with Crippen LogP contribution in [-0.4, -0.2) is 26.7 Å². The minimum atomic E-state index is -2.17. The van der Waals surface area contributed by atoms with E-state index in [0.29, 0.717) is 11.1 Å². The van der Waals surface area contributed by atoms with E-state index in [1.807, 2.05) is 12.1 Å². The zero-order chi connectivity index (χ0) is 19.5. The first kappa shape index (κ1) is 22.7. The zero-order valence-electron chi connectivity index (χ0n) is 12.7. The Kier molecular flexibility index (Phi) is 10.3. The van der Waals surface area contributed by atoms with Crippen molar-refractivity contribution in [2.45, 2.75) is 3.79 Å². The number of carboxylic acids is 1. The molecule has 2 aromatic rings. The van der Waals surface area contributed by atoms with Crippen molar-refractivity contribution in [1.82, 2.24) is 0 Å². The van der Waals surface area contributed by atoms with Crippen molar-refractivity contribution in [1.29, 1.82) is 0 Å². The molecule has 0 aliphatic carbocycles. The largest absolute Gasteiger partial charge is 0.478 e. The molecule has 25 heavy (non-hydrogen) atoms. The smallest absolute Gasteiger partial charge is 0.356 e. The average Bonchev–Trinajstić information content (AvgIpc) is 2.56. The molecular formula is C16H15Cl3N2O4. The van der Waals surface area contributed by atoms with Gasteiger partial charge in [-0.2, -0.15) is 0 Å². The van der Waals surface area contributed by atoms with E-state index in [2.05, 4.69) is 0 Å². The van der Waals surface area contributed by atoms with Gasteiger partial charge in [-0.25, -0.2) is 4.79 Å². The Balaban J connectivity index is 0.000000350. The highest BCUT2D eigenvalue weighted by molar-refractivity contribution is 6.75. The predicted molar refractivity (Wildman–Crippen MR) is 97.8 cm³/mol. The number of aliphatic carboxylic acids is 1. The van der Waals surface area contributed by atoms with Crippen molar-refractivity contribution < 1.29 is 19.5 Å². The van der Waals surface area contributed by atoms with Gasteiger partial charge in [0.25, 0.3) is 3.79 Å². The number of carbonyl (C=O) groups excluding carboxylic acids is 2. The standard InChI is InChI=1S/2C7H7NO.C2HCl3O2/c2*8-7(9)6-4-2-1-3-5-6;3-2(4,5)1(6)7/h2*1-5H,(H2,8,9);(H,6,7). The molecule has 0 radical (unpaired) electrons. The summed E-state index contributed by atoms with van der Waals surface area (Å²) in [5.41, 5.74) is 11.1. The van der Waals surface area contributed by atoms with Crippen molar-refractivity contribution in [3.63, 3.8) is 0 Å². The van der Waals surface area contributed by atoms with E-state index in [-0.39, 0.29) is 11.8 Å². The van der Waals surface area contributed by atoms with Gasteiger partial charge in [-0.3, -0.25) is 9.59 Å². The number of nitrogens with two attached hydrogens (primary N) is 2. The van der Waals surface area contributed by atoms with E-state index in [0.717, 1.165) is 0 Å². The van der Waals surface area contributed by atoms with Crippen molar-refractivity contribution in [2.24, 2.45) is 11.5 Å². The Morgan fingerprint density at radius 2 is 0.960 bits per heavy atom. The molecule has 5 N–H and O–H groups in total. The number of alkyl halides is 3. The van der Waals surface area contributed by atoms with Gasteiger partial charge in [0.1, 0.15) is 0 Å². The summed E-state index contributed by atoms with van der Waals surface area (Å²) in [5.74, 6) is -2.22. The molecule has 0 aromatic heterocycles. The number of hydrogen-bond acceptors (Lipinski definition) is 3. The lowest BCUT2D eigenvalue weighted by atomic mass is 10.2. The molecule has 0 atom stereocenters. The summed E-state index contributed by atoms with van der Waals surface area (Å²) < 4.78 is -2.17. The first-order chi connectivity index (χ1) is 11.6. The minimum absolute atomic E-state index is 0.379. The van der Waals surface area contributed by atoms with E-state index in [1.165, 1.54) is 0 Å². The first-order valence-corrected chi connectivity index (χ1v) is 7.69. The fourth-order valence-corrected chi connectivity index (χ4v) is 1.20. The van der Waals surface area contributed by atoms with E-state index < -0.39 is 9.76 Å². The number of carbonyl (C=O) groups is 3. The molecule has 0 saturated carbocycles. The second kappa shape index (κ2) is 11.3. The third-order valence-corrected chi connectivity index (χ3v) is 2.84. The number of hydrogen-bond donors (Lipinski definition) is 3. The van der Waals surface area contributed by atoms with Gasteiger partial charge in [-0.05, 0) is 24.3 Å². The highest BCUT2D eigenvalue weighted by atomic mass is 35.6. The van der Waals surface area contributed by atoms with Crippen LogP contribution in [-0.2, 0) is 4.79 Å². The molecule has 0 fully saturated rings. The zero-order valence-corrected chi connectivity index (χ0v) is 15.0. The molecule has 0 bridgehead atoms. The second-order valence-electron chi connectivity index (χ2n) is 4.26. The normalized spacial score (nSPS) is 9.56. The maximum atomic E-state index is 10.4. The second-order valence-corrected chi connectivity index (χ2v) is 6.54. The molecule has 0 spiro atoms. The van der Waals surface area contributed by atoms with E-state index in [9.17, 15) is 14.4 Å². The van der Waals surface area contributed by atoms with Crippen molar-refractivity contribution in [3.05, 3.63) is 71.8 Å². The molecule has 2 rings (SSSR count). The number of halogens is 3. The van der Waals surface area contributed by atoms with Crippen LogP contribution >= 0.6 is 34.8 Å². The molecule has 6 nitrogen and oxygen atoms in total. The summed E-state index contributed by atoms with van der Waals surface area (Å²) in [5, 5.41) is 7.85. The molecule has 2 aromatic carbocycles. The van der Waals surface area contributed by atoms with Crippen LogP contribution in [0.2, 0.25) is 0 Å². The summed E-state index contributed by atoms with van der Waals surface area (Å²) in [6.45, 7) is 0. The molecule has 0 heterocycles. The fourth-order valence-electron chi connectivity index (χ4n) is 1.20. The lowest BCUT2D eigenvalue weighted by Crippen LogP contribution is -2.16. The van der Waals surface area contributed by atoms with Crippen molar-refractivity contribution in [3.8, 4) is 0 Å². The number of benzene rings is 2. The monoisotopic (exact) mass is 404 g/mol. The van der Waals surface area contributed by atoms with Crippen LogP contribution in [0.4, 0.5) is 0 Å². The van der Waals surface area contributed by atoms with Gasteiger partial charge in [0, 0.05) is 11.1 Å². The summed E-state index contributed by atoms with van der Waals surface area (Å²) in [6.07, 6.45) is 0. The van der Waals surface area contributed by atoms with Crippen LogP contribution in [0.3, 0.4) is 0 Å². The first-order valence-electron chi connectivity index (χ1n) is 6.55. The van der Waals surface area contributed by atoms with Gasteiger partial charge in [-0.1, -0.05) is 71.2 Å². The lowest BCUT2D eigenvalue weighted by molar-refractivity contribution is -0.135. The molecule has 0 saturated heterocycles. The van der Waals surface area contributed by atoms with E-state index in [1.54, 1.807) is 48.5 Å². The fraction of sp³-hybridized carbons (Fsp3) is 0.0625. The summed E-state index contributed by atoms with van der Waals surface area (Å²) in [7, 11) is 0. The SMILES string of the molecule is NC(=O)c1ccccc1.NC(=O)c1ccccc1.O=C(O)C(Cl)(Cl)Cl. The Labute approximate surface area is 159 Å². The van der Waals surface area contributed by atoms with Crippen LogP contribution in [0.5, 0.6) is 0 Å². The molecule has 2 amide bonds. The predicted octanol–water partition coefficient (Wildman–Crippen LogP) is 3.01. The summed E-state index contributed by atoms with van der Waals surface area (Å²) >= 11 is 14.4. The van der Waals surface area contributed by atoms with Gasteiger partial charge in [0.15, 0.2) is 0 Å². The molecule has 0 unspecified atom stereocenters. The summed E-state index contributed by atoms with van der Waals surface area (Å²) in [6, 6.07) is 17.5. The maximum absolute atomic E-state index is 10.4. The lowest BCUT2D eigenvalue weighted by Gasteiger charge is -1.99. The third kappa shape index (κ3) is 11.0. The average molecular weight is 406 g/mol. The molecule has 0 aliphatic heterocycles. The Morgan fingerprint density at radius 3 is 1.08 bits per heavy atom. The third-order valence-electron chi connectivity index (χ3n) is 2.36. The Morgan fingerprint density at radius 1 is 0.720 bits per heavy atom. The highest BCUT2D eigenvalue weighted by Crippen LogP contribution is 2.25. The minimum Gasteiger partial charge on any atom is -0.478 e. The topological polar surface area (TPSA) is 123 Å².